The zero-order valence-electron chi connectivity index (χ0n) is 11.7. The van der Waals surface area contributed by atoms with E-state index in [0.717, 1.165) is 5.56 Å². The predicted octanol–water partition coefficient (Wildman–Crippen LogP) is 4.53. The molecule has 1 atom stereocenters. The van der Waals surface area contributed by atoms with E-state index in [9.17, 15) is 4.39 Å². The summed E-state index contributed by atoms with van der Waals surface area (Å²) in [5, 5.41) is 12.9. The Balaban J connectivity index is 2.28. The molecular weight excluding hydrogens is 291 g/mol. The number of nitriles is 1. The van der Waals surface area contributed by atoms with Gasteiger partial charge in [-0.2, -0.15) is 5.26 Å². The lowest BCUT2D eigenvalue weighted by molar-refractivity contribution is 0.385. The zero-order chi connectivity index (χ0) is 15.4. The number of halogens is 2. The van der Waals surface area contributed by atoms with Gasteiger partial charge in [-0.1, -0.05) is 17.7 Å². The minimum absolute atomic E-state index is 0.134. The number of rotatable bonds is 4. The summed E-state index contributed by atoms with van der Waals surface area (Å²) in [5.74, 6) is -0.221. The summed E-state index contributed by atoms with van der Waals surface area (Å²) >= 11 is 5.95. The second-order valence-corrected chi connectivity index (χ2v) is 5.00. The number of hydrogen-bond donors (Lipinski definition) is 1. The molecule has 0 radical (unpaired) electrons. The molecule has 2 aromatic carbocycles. The van der Waals surface area contributed by atoms with E-state index >= 15 is 0 Å². The summed E-state index contributed by atoms with van der Waals surface area (Å²) in [7, 11) is 1.42. The van der Waals surface area contributed by atoms with Crippen molar-refractivity contribution in [3.8, 4) is 11.8 Å². The lowest BCUT2D eigenvalue weighted by Gasteiger charge is -2.17. The highest BCUT2D eigenvalue weighted by Crippen LogP contribution is 2.27. The van der Waals surface area contributed by atoms with Crippen molar-refractivity contribution in [1.29, 1.82) is 5.26 Å². The fourth-order valence-corrected chi connectivity index (χ4v) is 2.17. The standard InChI is InChI=1S/C16H14ClFN2O/c1-10(11-4-6-14(18)16(7-11)21-2)20-15-8-13(17)5-3-12(15)9-19/h3-8,10,20H,1-2H3. The van der Waals surface area contributed by atoms with Gasteiger partial charge >= 0.3 is 0 Å². The molecule has 0 aliphatic rings. The van der Waals surface area contributed by atoms with Crippen molar-refractivity contribution < 1.29 is 9.13 Å². The molecule has 1 unspecified atom stereocenters. The molecule has 0 spiro atoms. The molecule has 21 heavy (non-hydrogen) atoms. The third-order valence-corrected chi connectivity index (χ3v) is 3.38. The van der Waals surface area contributed by atoms with Crippen LogP contribution in [0.4, 0.5) is 10.1 Å². The van der Waals surface area contributed by atoms with E-state index in [2.05, 4.69) is 11.4 Å². The van der Waals surface area contributed by atoms with Gasteiger partial charge in [0.15, 0.2) is 11.6 Å². The number of hydrogen-bond acceptors (Lipinski definition) is 3. The normalized spacial score (nSPS) is 11.6. The Kier molecular flexibility index (Phi) is 4.66. The SMILES string of the molecule is COc1cc(C(C)Nc2cc(Cl)ccc2C#N)ccc1F. The van der Waals surface area contributed by atoms with E-state index in [0.29, 0.717) is 16.3 Å². The molecule has 1 N–H and O–H groups in total. The maximum absolute atomic E-state index is 13.4. The largest absolute Gasteiger partial charge is 0.494 e. The van der Waals surface area contributed by atoms with Crippen molar-refractivity contribution in [2.24, 2.45) is 0 Å². The van der Waals surface area contributed by atoms with Crippen LogP contribution in [0.5, 0.6) is 5.75 Å². The van der Waals surface area contributed by atoms with Crippen molar-refractivity contribution in [3.63, 3.8) is 0 Å². The monoisotopic (exact) mass is 304 g/mol. The Morgan fingerprint density at radius 3 is 2.71 bits per heavy atom. The fourth-order valence-electron chi connectivity index (χ4n) is 2.00. The van der Waals surface area contributed by atoms with Crippen LogP contribution in [-0.2, 0) is 0 Å². The second-order valence-electron chi connectivity index (χ2n) is 4.56. The van der Waals surface area contributed by atoms with Gasteiger partial charge in [0.05, 0.1) is 18.4 Å². The summed E-state index contributed by atoms with van der Waals surface area (Å²) < 4.78 is 18.4. The quantitative estimate of drug-likeness (QED) is 0.902. The Labute approximate surface area is 127 Å². The van der Waals surface area contributed by atoms with Gasteiger partial charge in [-0.25, -0.2) is 4.39 Å². The van der Waals surface area contributed by atoms with Crippen LogP contribution in [-0.4, -0.2) is 7.11 Å². The Bertz CT molecular complexity index is 697. The summed E-state index contributed by atoms with van der Waals surface area (Å²) in [6.45, 7) is 1.91. The molecule has 2 aromatic rings. The Morgan fingerprint density at radius 1 is 1.29 bits per heavy atom. The Morgan fingerprint density at radius 2 is 2.05 bits per heavy atom. The number of methoxy groups -OCH3 is 1. The summed E-state index contributed by atoms with van der Waals surface area (Å²) in [6, 6.07) is 11.6. The molecule has 2 rings (SSSR count). The lowest BCUT2D eigenvalue weighted by atomic mass is 10.1. The van der Waals surface area contributed by atoms with Gasteiger partial charge < -0.3 is 10.1 Å². The van der Waals surface area contributed by atoms with Crippen LogP contribution < -0.4 is 10.1 Å². The number of anilines is 1. The molecule has 0 saturated carbocycles. The summed E-state index contributed by atoms with van der Waals surface area (Å²) in [5.41, 5.74) is 1.98. The first-order chi connectivity index (χ1) is 10.0. The van der Waals surface area contributed by atoms with E-state index in [1.807, 2.05) is 6.92 Å². The molecule has 3 nitrogen and oxygen atoms in total. The molecule has 0 amide bonds. The van der Waals surface area contributed by atoms with Crippen molar-refractivity contribution in [3.05, 3.63) is 58.4 Å². The molecule has 0 aliphatic heterocycles. The van der Waals surface area contributed by atoms with Crippen LogP contribution in [0.2, 0.25) is 5.02 Å². The van der Waals surface area contributed by atoms with Crippen LogP contribution in [0.1, 0.15) is 24.1 Å². The molecule has 0 aliphatic carbocycles. The van der Waals surface area contributed by atoms with E-state index in [4.69, 9.17) is 21.6 Å². The van der Waals surface area contributed by atoms with E-state index in [-0.39, 0.29) is 11.8 Å². The summed E-state index contributed by atoms with van der Waals surface area (Å²) in [4.78, 5) is 0. The number of nitrogens with one attached hydrogen (secondary N) is 1. The smallest absolute Gasteiger partial charge is 0.165 e. The highest BCUT2D eigenvalue weighted by molar-refractivity contribution is 6.30. The molecular formula is C16H14ClFN2O. The Hall–Kier alpha value is -2.25. The molecule has 0 bridgehead atoms. The molecule has 0 heterocycles. The molecule has 0 fully saturated rings. The van der Waals surface area contributed by atoms with E-state index in [1.54, 1.807) is 30.3 Å². The highest BCUT2D eigenvalue weighted by Gasteiger charge is 2.12. The van der Waals surface area contributed by atoms with Crippen molar-refractivity contribution in [2.75, 3.05) is 12.4 Å². The first-order valence-corrected chi connectivity index (χ1v) is 6.72. The molecule has 5 heteroatoms. The average Bonchev–Trinajstić information content (AvgIpc) is 2.48. The number of ether oxygens (including phenoxy) is 1. The summed E-state index contributed by atoms with van der Waals surface area (Å²) in [6.07, 6.45) is 0. The van der Waals surface area contributed by atoms with Crippen molar-refractivity contribution in [2.45, 2.75) is 13.0 Å². The average molecular weight is 305 g/mol. The van der Waals surface area contributed by atoms with Crippen LogP contribution in [0.15, 0.2) is 36.4 Å². The minimum atomic E-state index is -0.408. The number of nitrogens with zero attached hydrogens (tertiary/aromatic N) is 1. The first kappa shape index (κ1) is 15.1. The van der Waals surface area contributed by atoms with Crippen molar-refractivity contribution in [1.82, 2.24) is 0 Å². The van der Waals surface area contributed by atoms with Gasteiger partial charge in [0.1, 0.15) is 6.07 Å². The van der Waals surface area contributed by atoms with Crippen LogP contribution in [0.25, 0.3) is 0 Å². The maximum Gasteiger partial charge on any atom is 0.165 e. The van der Waals surface area contributed by atoms with E-state index in [1.165, 1.54) is 13.2 Å². The van der Waals surface area contributed by atoms with Gasteiger partial charge in [0.25, 0.3) is 0 Å². The highest BCUT2D eigenvalue weighted by atomic mass is 35.5. The first-order valence-electron chi connectivity index (χ1n) is 6.34. The van der Waals surface area contributed by atoms with E-state index < -0.39 is 5.82 Å². The fraction of sp³-hybridized carbons (Fsp3) is 0.188. The van der Waals surface area contributed by atoms with Gasteiger partial charge in [0.2, 0.25) is 0 Å². The topological polar surface area (TPSA) is 45.0 Å². The zero-order valence-corrected chi connectivity index (χ0v) is 12.4. The minimum Gasteiger partial charge on any atom is -0.494 e. The third-order valence-electron chi connectivity index (χ3n) is 3.15. The van der Waals surface area contributed by atoms with Crippen molar-refractivity contribution >= 4 is 17.3 Å². The molecule has 108 valence electrons. The molecule has 0 saturated heterocycles. The van der Waals surface area contributed by atoms with Crippen LogP contribution >= 0.6 is 11.6 Å². The lowest BCUT2D eigenvalue weighted by Crippen LogP contribution is -2.08. The second kappa shape index (κ2) is 6.47. The van der Waals surface area contributed by atoms with Gasteiger partial charge in [-0.15, -0.1) is 0 Å². The maximum atomic E-state index is 13.4. The third kappa shape index (κ3) is 3.45. The molecule has 0 aromatic heterocycles. The number of benzene rings is 2. The predicted molar refractivity (Wildman–Crippen MR) is 81.2 cm³/mol. The van der Waals surface area contributed by atoms with Crippen LogP contribution in [0.3, 0.4) is 0 Å². The van der Waals surface area contributed by atoms with Gasteiger partial charge in [0, 0.05) is 11.1 Å². The van der Waals surface area contributed by atoms with Gasteiger partial charge in [-0.05, 0) is 42.8 Å². The van der Waals surface area contributed by atoms with Crippen LogP contribution in [0, 0.1) is 17.1 Å². The van der Waals surface area contributed by atoms with Gasteiger partial charge in [-0.3, -0.25) is 0 Å².